The first-order chi connectivity index (χ1) is 41.0. The van der Waals surface area contributed by atoms with E-state index in [-0.39, 0.29) is 0 Å². The molecule has 0 bridgehead atoms. The van der Waals surface area contributed by atoms with Crippen LogP contribution in [-0.4, -0.2) is 10.7 Å². The van der Waals surface area contributed by atoms with Gasteiger partial charge in [0.25, 0.3) is 0 Å². The van der Waals surface area contributed by atoms with E-state index in [4.69, 9.17) is 0 Å². The van der Waals surface area contributed by atoms with Gasteiger partial charge in [-0.3, -0.25) is 0 Å². The van der Waals surface area contributed by atoms with E-state index in [1.54, 1.807) is 0 Å². The fourth-order valence-corrected chi connectivity index (χ4v) is 13.3. The van der Waals surface area contributed by atoms with Gasteiger partial charge in [-0.05, 0) is 122 Å². The van der Waals surface area contributed by atoms with Crippen LogP contribution in [-0.2, 0) is 25.7 Å². The summed E-state index contributed by atoms with van der Waals surface area (Å²) in [5, 5.41) is 0. The number of aryl methyl sites for hydroxylation is 4. The molecular formula is C81H142N2. The molecule has 0 aliphatic heterocycles. The first-order valence-corrected chi connectivity index (χ1v) is 38.0. The highest BCUT2D eigenvalue weighted by atomic mass is 14.8. The van der Waals surface area contributed by atoms with Crippen LogP contribution in [0.1, 0.15) is 428 Å². The lowest BCUT2D eigenvalue weighted by Gasteiger charge is -2.21. The van der Waals surface area contributed by atoms with Crippen LogP contribution in [0, 0.1) is 0 Å². The monoisotopic (exact) mass is 1140 g/mol. The molecule has 476 valence electrons. The van der Waals surface area contributed by atoms with Gasteiger partial charge in [-0.1, -0.05) is 380 Å². The molecule has 0 aliphatic carbocycles. The Morgan fingerprint density at radius 1 is 0.265 bits per heavy atom. The Morgan fingerprint density at radius 2 is 0.482 bits per heavy atom. The first-order valence-electron chi connectivity index (χ1n) is 38.0. The fraction of sp³-hybridized carbons (Fsp3) is 0.802. The summed E-state index contributed by atoms with van der Waals surface area (Å²) in [5.74, 6) is 3.23. The second kappa shape index (κ2) is 58.4. The summed E-state index contributed by atoms with van der Waals surface area (Å²) in [7, 11) is 0. The molecule has 0 amide bonds. The molecule has 0 radical (unpaired) electrons. The summed E-state index contributed by atoms with van der Waals surface area (Å²) >= 11 is 0. The van der Waals surface area contributed by atoms with Crippen molar-refractivity contribution >= 4 is 11.4 Å². The summed E-state index contributed by atoms with van der Waals surface area (Å²) in [4.78, 5) is 3.69. The second-order valence-electron chi connectivity index (χ2n) is 26.7. The summed E-state index contributed by atoms with van der Waals surface area (Å²) in [6, 6.07) is 15.5. The summed E-state index contributed by atoms with van der Waals surface area (Å²) < 4.78 is 0. The van der Waals surface area contributed by atoms with Gasteiger partial charge in [-0.15, -0.1) is 4.79 Å². The van der Waals surface area contributed by atoms with Gasteiger partial charge in [-0.2, -0.15) is 0 Å². The third-order valence-corrected chi connectivity index (χ3v) is 18.6. The van der Waals surface area contributed by atoms with Crippen molar-refractivity contribution in [3.8, 4) is 0 Å². The Hall–Kier alpha value is -2.66. The predicted molar refractivity (Wildman–Crippen MR) is 374 cm³/mol. The highest BCUT2D eigenvalue weighted by molar-refractivity contribution is 5.87. The minimum Gasteiger partial charge on any atom is -0.348 e. The third-order valence-electron chi connectivity index (χ3n) is 18.6. The average Bonchev–Trinajstić information content (AvgIpc) is 3.67. The Bertz CT molecular complexity index is 1780. The Labute approximate surface area is 520 Å². The van der Waals surface area contributed by atoms with E-state index in [2.05, 4.69) is 88.6 Å². The zero-order chi connectivity index (χ0) is 59.6. The van der Waals surface area contributed by atoms with Crippen LogP contribution in [0.4, 0.5) is 0 Å². The van der Waals surface area contributed by atoms with E-state index >= 15 is 0 Å². The highest BCUT2D eigenvalue weighted by Crippen LogP contribution is 2.38. The second-order valence-corrected chi connectivity index (χ2v) is 26.7. The van der Waals surface area contributed by atoms with Crippen LogP contribution in [0.3, 0.4) is 0 Å². The van der Waals surface area contributed by atoms with E-state index in [0.29, 0.717) is 0 Å². The molecule has 2 nitrogen and oxygen atoms in total. The van der Waals surface area contributed by atoms with Crippen LogP contribution >= 0.6 is 0 Å². The number of allylic oxidation sites excluding steroid dienone is 2. The average molecular weight is 1140 g/mol. The summed E-state index contributed by atoms with van der Waals surface area (Å²) in [6.45, 7) is 13.9. The third kappa shape index (κ3) is 42.8. The zero-order valence-electron chi connectivity index (χ0n) is 57.1. The SMILES string of the molecule is CCCCCCCCCCCCCCCCCCCCCCCc1cc(CCCCCCCCCCCCCCCCCCCCCCC)cc(C(=C(CCCCC)C(=C=[N+]=[N-])CCCC)c2cc(CCCCC)cc(CCCCC)c2)c1. The standard InChI is InChI=1S/C81H142N2/c1-7-13-19-21-23-25-27-29-31-33-35-37-39-41-43-45-47-49-51-53-58-62-75-67-76(63-59-54-52-50-48-46-44-42-40-38-36-34-32-30-28-26-24-22-20-14-8-2)71-79(70-75)81(80(65-57-17-11-5)77(72-83-82)64-18-12-6)78-68-73(60-55-15-9-3)66-74(69-78)61-56-16-10-4/h66-71H,7-65H2,1-6H3. The largest absolute Gasteiger partial charge is 0.348 e. The topological polar surface area (TPSA) is 36.4 Å². The maximum absolute atomic E-state index is 10.3. The van der Waals surface area contributed by atoms with Crippen LogP contribution in [0.25, 0.3) is 11.1 Å². The van der Waals surface area contributed by atoms with Crippen molar-refractivity contribution in [2.75, 3.05) is 0 Å². The molecule has 0 fully saturated rings. The Morgan fingerprint density at radius 3 is 0.735 bits per heavy atom. The van der Waals surface area contributed by atoms with E-state index in [1.807, 2.05) is 0 Å². The quantitative estimate of drug-likeness (QED) is 0.0208. The van der Waals surface area contributed by atoms with Crippen molar-refractivity contribution in [1.82, 2.24) is 0 Å². The molecule has 0 aliphatic rings. The van der Waals surface area contributed by atoms with E-state index < -0.39 is 0 Å². The van der Waals surface area contributed by atoms with Crippen LogP contribution in [0.5, 0.6) is 0 Å². The number of unbranched alkanes of at least 4 members (excludes halogenated alkanes) is 47. The molecule has 0 saturated heterocycles. The summed E-state index contributed by atoms with van der Waals surface area (Å²) in [5.41, 5.74) is 23.0. The van der Waals surface area contributed by atoms with Gasteiger partial charge in [0.05, 0.1) is 5.57 Å². The van der Waals surface area contributed by atoms with Gasteiger partial charge in [0.2, 0.25) is 0 Å². The highest BCUT2D eigenvalue weighted by Gasteiger charge is 2.21. The number of hydrogen-bond donors (Lipinski definition) is 0. The van der Waals surface area contributed by atoms with E-state index in [9.17, 15) is 5.53 Å². The maximum Gasteiger partial charge on any atom is 0.303 e. The van der Waals surface area contributed by atoms with Crippen molar-refractivity contribution in [1.29, 1.82) is 0 Å². The molecule has 2 heteroatoms. The molecule has 0 unspecified atom stereocenters. The minimum absolute atomic E-state index is 0.899. The van der Waals surface area contributed by atoms with Crippen LogP contribution < -0.4 is 0 Å². The van der Waals surface area contributed by atoms with Crippen molar-refractivity contribution in [3.63, 3.8) is 0 Å². The molecule has 0 atom stereocenters. The molecule has 2 aromatic rings. The van der Waals surface area contributed by atoms with Gasteiger partial charge in [0, 0.05) is 0 Å². The molecule has 83 heavy (non-hydrogen) atoms. The lowest BCUT2D eigenvalue weighted by molar-refractivity contribution is 0.00739. The molecule has 2 rings (SSSR count). The first kappa shape index (κ1) is 76.4. The Kier molecular flexibility index (Phi) is 53.7. The molecule has 0 aromatic heterocycles. The van der Waals surface area contributed by atoms with Crippen LogP contribution in [0.15, 0.2) is 47.5 Å². The Balaban J connectivity index is 2.18. The molecular weight excluding hydrogens is 1000 g/mol. The van der Waals surface area contributed by atoms with Crippen molar-refractivity contribution in [2.24, 2.45) is 0 Å². The predicted octanol–water partition coefficient (Wildman–Crippen LogP) is 28.1. The van der Waals surface area contributed by atoms with Gasteiger partial charge < -0.3 is 5.53 Å². The van der Waals surface area contributed by atoms with E-state index in [0.717, 1.165) is 63.4 Å². The lowest BCUT2D eigenvalue weighted by atomic mass is 9.82. The van der Waals surface area contributed by atoms with Gasteiger partial charge in [0.15, 0.2) is 0 Å². The fourth-order valence-electron chi connectivity index (χ4n) is 13.3. The molecule has 0 N–H and O–H groups in total. The minimum atomic E-state index is 0.899. The molecule has 2 aromatic carbocycles. The van der Waals surface area contributed by atoms with Gasteiger partial charge in [-0.25, -0.2) is 0 Å². The molecule has 0 spiro atoms. The zero-order valence-corrected chi connectivity index (χ0v) is 57.1. The molecule has 0 heterocycles. The van der Waals surface area contributed by atoms with Crippen molar-refractivity contribution < 1.29 is 4.79 Å². The van der Waals surface area contributed by atoms with Crippen molar-refractivity contribution in [2.45, 2.75) is 420 Å². The van der Waals surface area contributed by atoms with Crippen molar-refractivity contribution in [3.05, 3.63) is 86.5 Å². The number of nitrogens with zero attached hydrogens (tertiary/aromatic N) is 2. The smallest absolute Gasteiger partial charge is 0.303 e. The molecule has 0 saturated carbocycles. The van der Waals surface area contributed by atoms with E-state index in [1.165, 1.54) is 366 Å². The van der Waals surface area contributed by atoms with Crippen LogP contribution in [0.2, 0.25) is 0 Å². The number of rotatable bonds is 62. The summed E-state index contributed by atoms with van der Waals surface area (Å²) in [6.07, 6.45) is 79.6. The lowest BCUT2D eigenvalue weighted by Crippen LogP contribution is -2.04. The number of benzene rings is 2. The van der Waals surface area contributed by atoms with Gasteiger partial charge in [0.1, 0.15) is 0 Å². The maximum atomic E-state index is 10.3. The number of hydrogen-bond acceptors (Lipinski definition) is 0. The van der Waals surface area contributed by atoms with Gasteiger partial charge >= 0.3 is 5.87 Å². The normalized spacial score (nSPS) is 11.8.